The first-order valence-electron chi connectivity index (χ1n) is 10.8. The van der Waals surface area contributed by atoms with Crippen LogP contribution in [0.2, 0.25) is 5.02 Å². The van der Waals surface area contributed by atoms with Gasteiger partial charge in [0.25, 0.3) is 5.56 Å². The number of nitro benzene ring substituents is 1. The minimum Gasteiger partial charge on any atom is -0.481 e. The lowest BCUT2D eigenvalue weighted by Crippen LogP contribution is -2.23. The predicted octanol–water partition coefficient (Wildman–Crippen LogP) is 6.44. The van der Waals surface area contributed by atoms with Crippen molar-refractivity contribution < 1.29 is 14.1 Å². The summed E-state index contributed by atoms with van der Waals surface area (Å²) in [5, 5.41) is 16.5. The second-order valence-corrected chi connectivity index (χ2v) is 9.52. The highest BCUT2D eigenvalue weighted by Gasteiger charge is 2.21. The van der Waals surface area contributed by atoms with Gasteiger partial charge in [-0.1, -0.05) is 53.5 Å². The van der Waals surface area contributed by atoms with Crippen molar-refractivity contribution in [3.63, 3.8) is 0 Å². The van der Waals surface area contributed by atoms with Gasteiger partial charge in [-0.3, -0.25) is 14.9 Å². The van der Waals surface area contributed by atoms with Crippen molar-refractivity contribution in [1.82, 2.24) is 9.66 Å². The Balaban J connectivity index is 1.82. The molecule has 36 heavy (non-hydrogen) atoms. The SMILES string of the molecule is CC(C)c1nc2ccc(Br)cc2c(=O)n1N=Cc1cc(Cl)cc([N+](=O)[O-])c1OCc1ccc(F)cc1. The number of ether oxygens (including phenoxy) is 1. The standard InChI is InChI=1S/C25H19BrClFN4O4/c1-14(2)24-30-21-8-5-17(26)10-20(21)25(33)31(24)29-12-16-9-18(27)11-22(32(34)35)23(16)36-13-15-3-6-19(28)7-4-15/h3-12,14H,13H2,1-2H3. The highest BCUT2D eigenvalue weighted by Crippen LogP contribution is 2.34. The zero-order valence-electron chi connectivity index (χ0n) is 19.1. The van der Waals surface area contributed by atoms with Gasteiger partial charge in [0.15, 0.2) is 0 Å². The number of hydrogen-bond donors (Lipinski definition) is 0. The van der Waals surface area contributed by atoms with Gasteiger partial charge in [0.1, 0.15) is 18.2 Å². The van der Waals surface area contributed by atoms with Crippen molar-refractivity contribution in [3.8, 4) is 5.75 Å². The maximum atomic E-state index is 13.3. The summed E-state index contributed by atoms with van der Waals surface area (Å²) in [6, 6.07) is 13.4. The summed E-state index contributed by atoms with van der Waals surface area (Å²) in [7, 11) is 0. The molecule has 0 spiro atoms. The maximum absolute atomic E-state index is 13.3. The Morgan fingerprint density at radius 2 is 1.94 bits per heavy atom. The van der Waals surface area contributed by atoms with Crippen molar-refractivity contribution in [2.75, 3.05) is 0 Å². The summed E-state index contributed by atoms with van der Waals surface area (Å²) in [6.07, 6.45) is 1.28. The van der Waals surface area contributed by atoms with Crippen LogP contribution >= 0.6 is 27.5 Å². The second-order valence-electron chi connectivity index (χ2n) is 8.16. The highest BCUT2D eigenvalue weighted by molar-refractivity contribution is 9.10. The molecule has 0 aliphatic heterocycles. The molecule has 0 saturated heterocycles. The number of hydrogen-bond acceptors (Lipinski definition) is 6. The fourth-order valence-corrected chi connectivity index (χ4v) is 4.08. The van der Waals surface area contributed by atoms with E-state index in [4.69, 9.17) is 16.3 Å². The van der Waals surface area contributed by atoms with E-state index in [1.807, 2.05) is 13.8 Å². The zero-order chi connectivity index (χ0) is 26.0. The van der Waals surface area contributed by atoms with Crippen LogP contribution in [0.1, 0.15) is 36.7 Å². The molecule has 0 aliphatic carbocycles. The second kappa shape index (κ2) is 10.5. The molecule has 8 nitrogen and oxygen atoms in total. The highest BCUT2D eigenvalue weighted by atomic mass is 79.9. The molecule has 0 fully saturated rings. The molecule has 4 aromatic rings. The summed E-state index contributed by atoms with van der Waals surface area (Å²) in [6.45, 7) is 3.69. The van der Waals surface area contributed by atoms with E-state index in [2.05, 4.69) is 26.0 Å². The molecule has 0 radical (unpaired) electrons. The molecular formula is C25H19BrClFN4O4. The van der Waals surface area contributed by atoms with E-state index in [1.54, 1.807) is 18.2 Å². The molecule has 0 unspecified atom stereocenters. The third-order valence-electron chi connectivity index (χ3n) is 5.22. The Kier molecular flexibility index (Phi) is 7.46. The smallest absolute Gasteiger partial charge is 0.313 e. The van der Waals surface area contributed by atoms with Gasteiger partial charge < -0.3 is 4.74 Å². The Morgan fingerprint density at radius 1 is 1.22 bits per heavy atom. The monoisotopic (exact) mass is 572 g/mol. The van der Waals surface area contributed by atoms with Crippen LogP contribution in [0.3, 0.4) is 0 Å². The largest absolute Gasteiger partial charge is 0.481 e. The number of benzene rings is 3. The minimum absolute atomic E-state index is 0.0632. The Labute approximate surface area is 218 Å². The Morgan fingerprint density at radius 3 is 2.61 bits per heavy atom. The van der Waals surface area contributed by atoms with Gasteiger partial charge in [-0.25, -0.2) is 9.37 Å². The van der Waals surface area contributed by atoms with E-state index < -0.39 is 16.3 Å². The molecule has 0 saturated carbocycles. The molecule has 1 aromatic heterocycles. The van der Waals surface area contributed by atoms with Gasteiger partial charge >= 0.3 is 5.69 Å². The van der Waals surface area contributed by atoms with Gasteiger partial charge in [0.05, 0.1) is 22.0 Å². The topological polar surface area (TPSA) is 99.6 Å². The van der Waals surface area contributed by atoms with Crippen molar-refractivity contribution in [3.05, 3.63) is 107 Å². The number of nitro groups is 1. The van der Waals surface area contributed by atoms with E-state index >= 15 is 0 Å². The molecule has 1 heterocycles. The van der Waals surface area contributed by atoms with E-state index in [0.29, 0.717) is 26.8 Å². The summed E-state index contributed by atoms with van der Waals surface area (Å²) >= 11 is 9.51. The first-order chi connectivity index (χ1) is 17.1. The first-order valence-corrected chi connectivity index (χ1v) is 11.9. The van der Waals surface area contributed by atoms with Crippen LogP contribution < -0.4 is 10.3 Å². The molecule has 3 aromatic carbocycles. The van der Waals surface area contributed by atoms with Gasteiger partial charge in [-0.15, -0.1) is 0 Å². The number of nitrogens with zero attached hydrogens (tertiary/aromatic N) is 4. The number of halogens is 3. The van der Waals surface area contributed by atoms with E-state index in [9.17, 15) is 19.3 Å². The molecular weight excluding hydrogens is 555 g/mol. The normalized spacial score (nSPS) is 11.5. The van der Waals surface area contributed by atoms with Crippen LogP contribution in [0, 0.1) is 15.9 Å². The van der Waals surface area contributed by atoms with Crippen molar-refractivity contribution in [2.45, 2.75) is 26.4 Å². The average Bonchev–Trinajstić information content (AvgIpc) is 2.83. The summed E-state index contributed by atoms with van der Waals surface area (Å²) in [4.78, 5) is 29.0. The lowest BCUT2D eigenvalue weighted by atomic mass is 10.1. The molecule has 0 N–H and O–H groups in total. The van der Waals surface area contributed by atoms with Crippen LogP contribution in [-0.2, 0) is 6.61 Å². The third kappa shape index (κ3) is 5.44. The van der Waals surface area contributed by atoms with Gasteiger partial charge in [-0.2, -0.15) is 9.78 Å². The molecule has 0 bridgehead atoms. The Hall–Kier alpha value is -3.63. The molecule has 0 atom stereocenters. The van der Waals surface area contributed by atoms with Crippen LogP contribution in [0.4, 0.5) is 10.1 Å². The van der Waals surface area contributed by atoms with E-state index in [1.165, 1.54) is 42.6 Å². The molecule has 11 heteroatoms. The van der Waals surface area contributed by atoms with Gasteiger partial charge in [0, 0.05) is 27.0 Å². The molecule has 0 aliphatic rings. The molecule has 184 valence electrons. The van der Waals surface area contributed by atoms with Crippen LogP contribution in [0.5, 0.6) is 5.75 Å². The zero-order valence-corrected chi connectivity index (χ0v) is 21.5. The van der Waals surface area contributed by atoms with Crippen LogP contribution in [0.15, 0.2) is 69.0 Å². The maximum Gasteiger partial charge on any atom is 0.313 e. The molecule has 0 amide bonds. The quantitative estimate of drug-likeness (QED) is 0.144. The van der Waals surface area contributed by atoms with Gasteiger partial charge in [0.2, 0.25) is 5.75 Å². The fraction of sp³-hybridized carbons (Fsp3) is 0.160. The predicted molar refractivity (Wildman–Crippen MR) is 140 cm³/mol. The van der Waals surface area contributed by atoms with Crippen molar-refractivity contribution in [2.24, 2.45) is 5.10 Å². The van der Waals surface area contributed by atoms with E-state index in [0.717, 1.165) is 4.68 Å². The number of fused-ring (bicyclic) bond motifs is 1. The summed E-state index contributed by atoms with van der Waals surface area (Å²) < 4.78 is 20.9. The molecule has 4 rings (SSSR count). The fourth-order valence-electron chi connectivity index (χ4n) is 3.50. The lowest BCUT2D eigenvalue weighted by molar-refractivity contribution is -0.385. The van der Waals surface area contributed by atoms with Crippen molar-refractivity contribution >= 4 is 50.3 Å². The first kappa shape index (κ1) is 25.5. The number of rotatable bonds is 7. The van der Waals surface area contributed by atoms with Crippen LogP contribution in [-0.4, -0.2) is 20.8 Å². The lowest BCUT2D eigenvalue weighted by Gasteiger charge is -2.13. The van der Waals surface area contributed by atoms with E-state index in [-0.39, 0.29) is 34.5 Å². The van der Waals surface area contributed by atoms with Crippen LogP contribution in [0.25, 0.3) is 10.9 Å². The summed E-state index contributed by atoms with van der Waals surface area (Å²) in [5.41, 5.74) is 0.549. The van der Waals surface area contributed by atoms with Crippen molar-refractivity contribution in [1.29, 1.82) is 0 Å². The summed E-state index contributed by atoms with van der Waals surface area (Å²) in [5.74, 6) is -0.234. The number of aromatic nitrogens is 2. The minimum atomic E-state index is -0.621. The average molecular weight is 574 g/mol. The van der Waals surface area contributed by atoms with Gasteiger partial charge in [-0.05, 0) is 42.0 Å². The third-order valence-corrected chi connectivity index (χ3v) is 5.93. The Bertz CT molecular complexity index is 1550.